The van der Waals surface area contributed by atoms with E-state index in [9.17, 15) is 4.79 Å². The Balaban J connectivity index is 0.000000561. The molecule has 0 fully saturated rings. The van der Waals surface area contributed by atoms with Crippen molar-refractivity contribution in [2.45, 2.75) is 20.8 Å². The molecular formula is C9H15NO2. The minimum absolute atomic E-state index is 0.326. The van der Waals surface area contributed by atoms with Crippen LogP contribution in [0, 0.1) is 6.92 Å². The molecule has 68 valence electrons. The number of nitrogens with one attached hydrogen (secondary N) is 1. The van der Waals surface area contributed by atoms with Gasteiger partial charge < -0.3 is 9.72 Å². The Morgan fingerprint density at radius 1 is 1.42 bits per heavy atom. The van der Waals surface area contributed by atoms with E-state index in [-0.39, 0.29) is 5.97 Å². The molecule has 12 heavy (non-hydrogen) atoms. The highest BCUT2D eigenvalue weighted by Crippen LogP contribution is 2.00. The summed E-state index contributed by atoms with van der Waals surface area (Å²) in [7, 11) is 1.36. The third-order valence-electron chi connectivity index (χ3n) is 1.24. The SMILES string of the molecule is CC.COC(=O)c1ccc(C)[nH]1. The maximum atomic E-state index is 10.8. The third-order valence-corrected chi connectivity index (χ3v) is 1.24. The highest BCUT2D eigenvalue weighted by molar-refractivity contribution is 5.87. The molecule has 0 bridgehead atoms. The summed E-state index contributed by atoms with van der Waals surface area (Å²) < 4.78 is 4.48. The summed E-state index contributed by atoms with van der Waals surface area (Å²) in [5, 5.41) is 0. The van der Waals surface area contributed by atoms with E-state index in [1.165, 1.54) is 7.11 Å². The van der Waals surface area contributed by atoms with Gasteiger partial charge in [0.15, 0.2) is 0 Å². The normalized spacial score (nSPS) is 8.33. The number of methoxy groups -OCH3 is 1. The molecule has 1 heterocycles. The number of aromatic amines is 1. The van der Waals surface area contributed by atoms with Crippen LogP contribution < -0.4 is 0 Å². The fourth-order valence-corrected chi connectivity index (χ4v) is 0.733. The summed E-state index contributed by atoms with van der Waals surface area (Å²) in [6.45, 7) is 5.88. The van der Waals surface area contributed by atoms with Crippen molar-refractivity contribution in [3.63, 3.8) is 0 Å². The van der Waals surface area contributed by atoms with Gasteiger partial charge in [-0.05, 0) is 19.1 Å². The number of carbonyl (C=O) groups is 1. The van der Waals surface area contributed by atoms with Crippen molar-refractivity contribution < 1.29 is 9.53 Å². The summed E-state index contributed by atoms with van der Waals surface area (Å²) in [6.07, 6.45) is 0. The minimum atomic E-state index is -0.326. The largest absolute Gasteiger partial charge is 0.464 e. The Morgan fingerprint density at radius 3 is 2.33 bits per heavy atom. The second kappa shape index (κ2) is 5.41. The van der Waals surface area contributed by atoms with Gasteiger partial charge in [0.25, 0.3) is 0 Å². The summed E-state index contributed by atoms with van der Waals surface area (Å²) in [5.41, 5.74) is 1.46. The number of hydrogen-bond acceptors (Lipinski definition) is 2. The van der Waals surface area contributed by atoms with Crippen LogP contribution in [0.2, 0.25) is 0 Å². The second-order valence-corrected chi connectivity index (χ2v) is 2.05. The molecule has 1 aromatic rings. The Labute approximate surface area is 72.7 Å². The van der Waals surface area contributed by atoms with Crippen LogP contribution in [-0.4, -0.2) is 18.1 Å². The second-order valence-electron chi connectivity index (χ2n) is 2.05. The molecule has 0 atom stereocenters. The molecule has 3 heteroatoms. The van der Waals surface area contributed by atoms with Gasteiger partial charge in [-0.25, -0.2) is 4.79 Å². The van der Waals surface area contributed by atoms with Crippen molar-refractivity contribution in [3.05, 3.63) is 23.5 Å². The Bertz CT molecular complexity index is 240. The summed E-state index contributed by atoms with van der Waals surface area (Å²) in [4.78, 5) is 13.6. The van der Waals surface area contributed by atoms with Crippen LogP contribution in [0.15, 0.2) is 12.1 Å². The zero-order chi connectivity index (χ0) is 9.56. The molecule has 0 aliphatic carbocycles. The first kappa shape index (κ1) is 10.8. The maximum Gasteiger partial charge on any atom is 0.354 e. The van der Waals surface area contributed by atoms with Crippen LogP contribution >= 0.6 is 0 Å². The van der Waals surface area contributed by atoms with E-state index in [2.05, 4.69) is 9.72 Å². The van der Waals surface area contributed by atoms with Crippen molar-refractivity contribution in [2.24, 2.45) is 0 Å². The van der Waals surface area contributed by atoms with Crippen LogP contribution in [0.25, 0.3) is 0 Å². The molecule has 0 unspecified atom stereocenters. The molecule has 0 radical (unpaired) electrons. The number of esters is 1. The lowest BCUT2D eigenvalue weighted by molar-refractivity contribution is 0.0594. The quantitative estimate of drug-likeness (QED) is 0.654. The van der Waals surface area contributed by atoms with Crippen molar-refractivity contribution in [1.82, 2.24) is 4.98 Å². The fourth-order valence-electron chi connectivity index (χ4n) is 0.733. The summed E-state index contributed by atoms with van der Waals surface area (Å²) in [5.74, 6) is -0.326. The number of H-pyrrole nitrogens is 1. The van der Waals surface area contributed by atoms with Crippen LogP contribution in [0.1, 0.15) is 30.0 Å². The molecule has 0 aliphatic rings. The molecule has 1 N–H and O–H groups in total. The topological polar surface area (TPSA) is 42.1 Å². The molecule has 0 aliphatic heterocycles. The average Bonchev–Trinajstić information content (AvgIpc) is 2.54. The summed E-state index contributed by atoms with van der Waals surface area (Å²) in [6, 6.07) is 3.52. The first-order chi connectivity index (χ1) is 5.74. The molecule has 0 spiro atoms. The van der Waals surface area contributed by atoms with Gasteiger partial charge in [0.1, 0.15) is 5.69 Å². The van der Waals surface area contributed by atoms with E-state index in [0.717, 1.165) is 5.69 Å². The molecule has 3 nitrogen and oxygen atoms in total. The van der Waals surface area contributed by atoms with Crippen LogP contribution in [-0.2, 0) is 4.74 Å². The average molecular weight is 169 g/mol. The van der Waals surface area contributed by atoms with Gasteiger partial charge in [-0.1, -0.05) is 13.8 Å². The molecule has 1 aromatic heterocycles. The van der Waals surface area contributed by atoms with Crippen LogP contribution in [0.3, 0.4) is 0 Å². The summed E-state index contributed by atoms with van der Waals surface area (Å²) >= 11 is 0. The lowest BCUT2D eigenvalue weighted by atomic mass is 10.4. The number of hydrogen-bond donors (Lipinski definition) is 1. The van der Waals surface area contributed by atoms with E-state index >= 15 is 0 Å². The minimum Gasteiger partial charge on any atom is -0.464 e. The zero-order valence-corrected chi connectivity index (χ0v) is 7.97. The third kappa shape index (κ3) is 2.78. The van der Waals surface area contributed by atoms with Crippen molar-refractivity contribution in [3.8, 4) is 0 Å². The smallest absolute Gasteiger partial charge is 0.354 e. The lowest BCUT2D eigenvalue weighted by Crippen LogP contribution is -2.00. The van der Waals surface area contributed by atoms with Crippen molar-refractivity contribution >= 4 is 5.97 Å². The molecule has 1 rings (SSSR count). The van der Waals surface area contributed by atoms with Crippen LogP contribution in [0.4, 0.5) is 0 Å². The van der Waals surface area contributed by atoms with Crippen LogP contribution in [0.5, 0.6) is 0 Å². The van der Waals surface area contributed by atoms with Gasteiger partial charge >= 0.3 is 5.97 Å². The van der Waals surface area contributed by atoms with E-state index in [1.807, 2.05) is 26.8 Å². The lowest BCUT2D eigenvalue weighted by Gasteiger charge is -1.92. The first-order valence-electron chi connectivity index (χ1n) is 3.98. The van der Waals surface area contributed by atoms with Gasteiger partial charge in [0.05, 0.1) is 7.11 Å². The standard InChI is InChI=1S/C7H9NO2.C2H6/c1-5-3-4-6(8-5)7(9)10-2;1-2/h3-4,8H,1-2H3;1-2H3. The monoisotopic (exact) mass is 169 g/mol. The Kier molecular flexibility index (Phi) is 4.84. The number of carbonyl (C=O) groups excluding carboxylic acids is 1. The van der Waals surface area contributed by atoms with E-state index in [4.69, 9.17) is 0 Å². The Hall–Kier alpha value is -1.25. The molecular weight excluding hydrogens is 154 g/mol. The predicted octanol–water partition coefficient (Wildman–Crippen LogP) is 2.14. The van der Waals surface area contributed by atoms with Gasteiger partial charge in [-0.2, -0.15) is 0 Å². The molecule has 0 saturated carbocycles. The highest BCUT2D eigenvalue weighted by Gasteiger charge is 2.04. The molecule has 0 saturated heterocycles. The van der Waals surface area contributed by atoms with E-state index < -0.39 is 0 Å². The van der Waals surface area contributed by atoms with Gasteiger partial charge in [0.2, 0.25) is 0 Å². The van der Waals surface area contributed by atoms with Gasteiger partial charge in [0, 0.05) is 5.69 Å². The number of rotatable bonds is 1. The highest BCUT2D eigenvalue weighted by atomic mass is 16.5. The first-order valence-corrected chi connectivity index (χ1v) is 3.98. The van der Waals surface area contributed by atoms with Gasteiger partial charge in [-0.15, -0.1) is 0 Å². The number of ether oxygens (including phenoxy) is 1. The number of aryl methyl sites for hydroxylation is 1. The number of aromatic nitrogens is 1. The maximum absolute atomic E-state index is 10.8. The van der Waals surface area contributed by atoms with Crippen molar-refractivity contribution in [2.75, 3.05) is 7.11 Å². The molecule has 0 amide bonds. The van der Waals surface area contributed by atoms with E-state index in [1.54, 1.807) is 6.07 Å². The van der Waals surface area contributed by atoms with Gasteiger partial charge in [-0.3, -0.25) is 0 Å². The zero-order valence-electron chi connectivity index (χ0n) is 7.97. The van der Waals surface area contributed by atoms with Crippen molar-refractivity contribution in [1.29, 1.82) is 0 Å². The Morgan fingerprint density at radius 2 is 2.00 bits per heavy atom. The van der Waals surface area contributed by atoms with E-state index in [0.29, 0.717) is 5.69 Å². The predicted molar refractivity (Wildman–Crippen MR) is 48.2 cm³/mol. The fraction of sp³-hybridized carbons (Fsp3) is 0.444. The molecule has 0 aromatic carbocycles.